The Morgan fingerprint density at radius 3 is 1.68 bits per heavy atom. The number of nitrogens with zero attached hydrogens (tertiary/aromatic N) is 2. The van der Waals surface area contributed by atoms with Gasteiger partial charge in [-0.05, 0) is 68.7 Å². The molecule has 8 heteroatoms. The van der Waals surface area contributed by atoms with Crippen LogP contribution in [-0.2, 0) is 9.59 Å². The zero-order chi connectivity index (χ0) is 28.0. The number of fused-ring (bicyclic) bond motifs is 1. The highest BCUT2D eigenvalue weighted by Gasteiger charge is 2.48. The van der Waals surface area contributed by atoms with Crippen LogP contribution in [0.1, 0.15) is 62.6 Å². The Morgan fingerprint density at radius 1 is 0.684 bits per heavy atom. The minimum atomic E-state index is -0.487. The van der Waals surface area contributed by atoms with E-state index in [0.29, 0.717) is 49.2 Å². The minimum absolute atomic E-state index is 0.0289. The second kappa shape index (κ2) is 12.9. The predicted molar refractivity (Wildman–Crippen MR) is 148 cm³/mol. The zero-order valence-electron chi connectivity index (χ0n) is 24.0. The van der Waals surface area contributed by atoms with Crippen molar-refractivity contribution >= 4 is 11.8 Å². The van der Waals surface area contributed by atoms with Gasteiger partial charge in [-0.25, -0.2) is 0 Å². The van der Waals surface area contributed by atoms with Crippen molar-refractivity contribution in [2.45, 2.75) is 46.0 Å². The van der Waals surface area contributed by atoms with E-state index in [2.05, 4.69) is 0 Å². The average molecular weight is 527 g/mol. The molecule has 1 aliphatic carbocycles. The molecular weight excluding hydrogens is 484 g/mol. The Labute approximate surface area is 226 Å². The number of amides is 2. The monoisotopic (exact) mass is 526 g/mol. The second-order valence-corrected chi connectivity index (χ2v) is 9.34. The van der Waals surface area contributed by atoms with E-state index >= 15 is 0 Å². The zero-order valence-corrected chi connectivity index (χ0v) is 24.0. The first kappa shape index (κ1) is 29.1. The van der Waals surface area contributed by atoms with E-state index < -0.39 is 5.92 Å². The number of hydrogen-bond donors (Lipinski definition) is 0. The third kappa shape index (κ3) is 5.40. The predicted octanol–water partition coefficient (Wildman–Crippen LogP) is 4.69. The molecule has 0 bridgehead atoms. The normalized spacial score (nSPS) is 17.9. The Hall–Kier alpha value is -3.42. The van der Waals surface area contributed by atoms with Crippen molar-refractivity contribution in [3.05, 3.63) is 47.0 Å². The summed E-state index contributed by atoms with van der Waals surface area (Å²) in [6, 6.07) is 9.67. The fraction of sp³-hybridized carbons (Fsp3) is 0.533. The van der Waals surface area contributed by atoms with E-state index in [1.54, 1.807) is 28.4 Å². The molecule has 0 saturated carbocycles. The van der Waals surface area contributed by atoms with E-state index in [9.17, 15) is 9.59 Å². The maximum absolute atomic E-state index is 14.2. The first-order valence-electron chi connectivity index (χ1n) is 13.4. The van der Waals surface area contributed by atoms with Crippen LogP contribution in [0.15, 0.2) is 30.3 Å². The van der Waals surface area contributed by atoms with Gasteiger partial charge in [0.1, 0.15) is 0 Å². The van der Waals surface area contributed by atoms with Crippen LogP contribution in [0.5, 0.6) is 23.0 Å². The van der Waals surface area contributed by atoms with Gasteiger partial charge in [-0.2, -0.15) is 0 Å². The van der Waals surface area contributed by atoms with Crippen LogP contribution in [0.25, 0.3) is 0 Å². The van der Waals surface area contributed by atoms with E-state index in [0.717, 1.165) is 16.7 Å². The van der Waals surface area contributed by atoms with Crippen molar-refractivity contribution in [3.8, 4) is 23.0 Å². The Kier molecular flexibility index (Phi) is 9.89. The van der Waals surface area contributed by atoms with Gasteiger partial charge in [-0.15, -0.1) is 0 Å². The standard InChI is InChI=1S/C30H42N2O6/c1-9-31(10-2)27(33)18-22-20-16-25(37-7)26(38-8)17-21(20)28(29(22)30(34)32(11-3)12-4)19-13-14-23(35-5)24(15-19)36-6/h13-17,22,28-29H,9-12,18H2,1-8H3. The second-order valence-electron chi connectivity index (χ2n) is 9.34. The van der Waals surface area contributed by atoms with Crippen LogP contribution in [0.2, 0.25) is 0 Å². The molecule has 0 aliphatic heterocycles. The quantitative estimate of drug-likeness (QED) is 0.399. The van der Waals surface area contributed by atoms with Gasteiger partial charge >= 0.3 is 0 Å². The lowest BCUT2D eigenvalue weighted by Crippen LogP contribution is -2.40. The molecule has 0 saturated heterocycles. The van der Waals surface area contributed by atoms with Crippen LogP contribution < -0.4 is 18.9 Å². The molecule has 0 fully saturated rings. The summed E-state index contributed by atoms with van der Waals surface area (Å²) in [7, 11) is 6.40. The first-order valence-corrected chi connectivity index (χ1v) is 13.4. The number of carbonyl (C=O) groups excluding carboxylic acids is 2. The van der Waals surface area contributed by atoms with E-state index in [-0.39, 0.29) is 30.1 Å². The van der Waals surface area contributed by atoms with Crippen LogP contribution in [0.3, 0.4) is 0 Å². The van der Waals surface area contributed by atoms with Crippen molar-refractivity contribution in [2.24, 2.45) is 5.92 Å². The molecule has 2 aromatic rings. The number of hydrogen-bond acceptors (Lipinski definition) is 6. The van der Waals surface area contributed by atoms with E-state index in [1.807, 2.05) is 67.8 Å². The third-order valence-corrected chi connectivity index (χ3v) is 7.75. The van der Waals surface area contributed by atoms with Crippen molar-refractivity contribution < 1.29 is 28.5 Å². The fourth-order valence-electron chi connectivity index (χ4n) is 5.74. The number of ether oxygens (including phenoxy) is 4. The van der Waals surface area contributed by atoms with E-state index in [1.165, 1.54) is 0 Å². The Balaban J connectivity index is 2.30. The summed E-state index contributed by atoms with van der Waals surface area (Å²) in [5, 5.41) is 0. The first-order chi connectivity index (χ1) is 18.3. The van der Waals surface area contributed by atoms with Crippen LogP contribution in [0.4, 0.5) is 0 Å². The summed E-state index contributed by atoms with van der Waals surface area (Å²) in [5.41, 5.74) is 2.81. The molecule has 3 atom stereocenters. The third-order valence-electron chi connectivity index (χ3n) is 7.75. The van der Waals surface area contributed by atoms with Gasteiger partial charge in [0.2, 0.25) is 11.8 Å². The molecule has 0 aromatic heterocycles. The number of carbonyl (C=O) groups is 2. The maximum Gasteiger partial charge on any atom is 0.227 e. The fourth-order valence-corrected chi connectivity index (χ4v) is 5.74. The summed E-state index contributed by atoms with van der Waals surface area (Å²) < 4.78 is 22.4. The molecule has 0 radical (unpaired) electrons. The molecular formula is C30H42N2O6. The summed E-state index contributed by atoms with van der Waals surface area (Å²) in [4.78, 5) is 31.4. The van der Waals surface area contributed by atoms with Gasteiger partial charge in [-0.1, -0.05) is 6.07 Å². The van der Waals surface area contributed by atoms with Gasteiger partial charge < -0.3 is 28.7 Å². The molecule has 2 aromatic carbocycles. The summed E-state index contributed by atoms with van der Waals surface area (Å²) in [6.45, 7) is 10.3. The highest BCUT2D eigenvalue weighted by Crippen LogP contribution is 2.55. The number of rotatable bonds is 12. The van der Waals surface area contributed by atoms with Gasteiger partial charge in [0.05, 0.1) is 34.4 Å². The van der Waals surface area contributed by atoms with Crippen LogP contribution in [0, 0.1) is 5.92 Å². The number of methoxy groups -OCH3 is 4. The molecule has 0 heterocycles. The van der Waals surface area contributed by atoms with Crippen molar-refractivity contribution in [3.63, 3.8) is 0 Å². The summed E-state index contributed by atoms with van der Waals surface area (Å²) in [6.07, 6.45) is 0.228. The van der Waals surface area contributed by atoms with Crippen LogP contribution >= 0.6 is 0 Å². The van der Waals surface area contributed by atoms with Gasteiger partial charge in [0.15, 0.2) is 23.0 Å². The topological polar surface area (TPSA) is 77.5 Å². The lowest BCUT2D eigenvalue weighted by atomic mass is 9.80. The molecule has 3 rings (SSSR count). The van der Waals surface area contributed by atoms with Gasteiger partial charge in [0.25, 0.3) is 0 Å². The molecule has 0 N–H and O–H groups in total. The highest BCUT2D eigenvalue weighted by atomic mass is 16.5. The summed E-state index contributed by atoms with van der Waals surface area (Å²) in [5.74, 6) is 1.29. The average Bonchev–Trinajstić information content (AvgIpc) is 3.25. The Bertz CT molecular complexity index is 1130. The molecule has 1 aliphatic rings. The smallest absolute Gasteiger partial charge is 0.227 e. The summed E-state index contributed by atoms with van der Waals surface area (Å²) >= 11 is 0. The minimum Gasteiger partial charge on any atom is -0.493 e. The molecule has 8 nitrogen and oxygen atoms in total. The molecule has 2 amide bonds. The van der Waals surface area contributed by atoms with Crippen molar-refractivity contribution in [1.29, 1.82) is 0 Å². The lowest BCUT2D eigenvalue weighted by Gasteiger charge is -2.31. The highest BCUT2D eigenvalue weighted by molar-refractivity contribution is 5.86. The molecule has 208 valence electrons. The molecule has 3 unspecified atom stereocenters. The molecule has 0 spiro atoms. The van der Waals surface area contributed by atoms with Crippen LogP contribution in [-0.4, -0.2) is 76.2 Å². The van der Waals surface area contributed by atoms with E-state index in [4.69, 9.17) is 18.9 Å². The Morgan fingerprint density at radius 2 is 1.18 bits per heavy atom. The van der Waals surface area contributed by atoms with Gasteiger partial charge in [-0.3, -0.25) is 9.59 Å². The van der Waals surface area contributed by atoms with Crippen molar-refractivity contribution in [1.82, 2.24) is 9.80 Å². The lowest BCUT2D eigenvalue weighted by molar-refractivity contribution is -0.137. The van der Waals surface area contributed by atoms with Crippen molar-refractivity contribution in [2.75, 3.05) is 54.6 Å². The number of benzene rings is 2. The van der Waals surface area contributed by atoms with Gasteiger partial charge in [0, 0.05) is 44.4 Å². The molecule has 38 heavy (non-hydrogen) atoms. The largest absolute Gasteiger partial charge is 0.493 e. The SMILES string of the molecule is CCN(CC)C(=O)CC1c2cc(OC)c(OC)cc2C(c2ccc(OC)c(OC)c2)C1C(=O)N(CC)CC. The maximum atomic E-state index is 14.2.